The summed E-state index contributed by atoms with van der Waals surface area (Å²) >= 11 is 7.87. The molecule has 1 atom stereocenters. The molecule has 0 saturated heterocycles. The number of nitrogens with zero attached hydrogens (tertiary/aromatic N) is 3. The lowest BCUT2D eigenvalue weighted by Crippen LogP contribution is -2.23. The zero-order valence-electron chi connectivity index (χ0n) is 18.8. The molecule has 6 nitrogen and oxygen atoms in total. The fourth-order valence-corrected chi connectivity index (χ4v) is 5.37. The lowest BCUT2D eigenvalue weighted by atomic mass is 10.0. The Morgan fingerprint density at radius 1 is 1.12 bits per heavy atom. The van der Waals surface area contributed by atoms with E-state index in [1.54, 1.807) is 0 Å². The van der Waals surface area contributed by atoms with Crippen LogP contribution in [0.3, 0.4) is 0 Å². The molecule has 172 valence electrons. The van der Waals surface area contributed by atoms with Gasteiger partial charge in [-0.3, -0.25) is 14.2 Å². The van der Waals surface area contributed by atoms with Crippen LogP contribution in [0.5, 0.6) is 0 Å². The number of halogens is 1. The molecular weight excluding hydrogens is 456 g/mol. The summed E-state index contributed by atoms with van der Waals surface area (Å²) in [7, 11) is 0. The number of aromatic nitrogens is 3. The van der Waals surface area contributed by atoms with Crippen LogP contribution in [-0.4, -0.2) is 32.2 Å². The Balaban J connectivity index is 1.51. The first-order valence-corrected chi connectivity index (χ1v) is 12.5. The lowest BCUT2D eigenvalue weighted by molar-refractivity contribution is -0.119. The molecular formula is C25H27ClN4O2S. The van der Waals surface area contributed by atoms with E-state index in [0.717, 1.165) is 34.9 Å². The van der Waals surface area contributed by atoms with Crippen molar-refractivity contribution >= 4 is 35.1 Å². The molecule has 0 bridgehead atoms. The third-order valence-corrected chi connectivity index (χ3v) is 7.23. The second kappa shape index (κ2) is 10.5. The van der Waals surface area contributed by atoms with Gasteiger partial charge in [0.05, 0.1) is 16.8 Å². The van der Waals surface area contributed by atoms with Crippen LogP contribution in [0.2, 0.25) is 5.02 Å². The molecule has 1 aromatic heterocycles. The van der Waals surface area contributed by atoms with Crippen LogP contribution < -0.4 is 5.32 Å². The van der Waals surface area contributed by atoms with E-state index in [-0.39, 0.29) is 23.5 Å². The molecule has 1 aliphatic carbocycles. The molecule has 1 heterocycles. The maximum atomic E-state index is 12.9. The molecule has 2 aromatic carbocycles. The lowest BCUT2D eigenvalue weighted by Gasteiger charge is -2.17. The van der Waals surface area contributed by atoms with Gasteiger partial charge < -0.3 is 5.32 Å². The number of benzene rings is 2. The Bertz CT molecular complexity index is 1140. The Morgan fingerprint density at radius 3 is 2.48 bits per heavy atom. The largest absolute Gasteiger partial charge is 0.350 e. The molecule has 0 radical (unpaired) electrons. The van der Waals surface area contributed by atoms with Crippen molar-refractivity contribution in [2.75, 3.05) is 5.75 Å². The topological polar surface area (TPSA) is 76.9 Å². The molecule has 4 rings (SSSR count). The number of carbonyl (C=O) groups excluding carboxylic acids is 2. The van der Waals surface area contributed by atoms with Crippen LogP contribution in [0, 0.1) is 0 Å². The van der Waals surface area contributed by atoms with Gasteiger partial charge >= 0.3 is 0 Å². The van der Waals surface area contributed by atoms with Crippen molar-refractivity contribution in [1.82, 2.24) is 20.1 Å². The van der Waals surface area contributed by atoms with Gasteiger partial charge in [0.15, 0.2) is 16.8 Å². The van der Waals surface area contributed by atoms with E-state index in [2.05, 4.69) is 20.1 Å². The first-order valence-electron chi connectivity index (χ1n) is 11.2. The van der Waals surface area contributed by atoms with E-state index < -0.39 is 0 Å². The van der Waals surface area contributed by atoms with Crippen LogP contribution in [0.1, 0.15) is 67.5 Å². The summed E-state index contributed by atoms with van der Waals surface area (Å²) in [6.45, 7) is 3.41. The highest BCUT2D eigenvalue weighted by Crippen LogP contribution is 2.38. The Morgan fingerprint density at radius 2 is 1.82 bits per heavy atom. The first-order chi connectivity index (χ1) is 15.9. The van der Waals surface area contributed by atoms with Crippen molar-refractivity contribution in [3.8, 4) is 11.4 Å². The fraction of sp³-hybridized carbons (Fsp3) is 0.360. The first kappa shape index (κ1) is 23.5. The van der Waals surface area contributed by atoms with E-state index in [1.165, 1.54) is 31.5 Å². The number of ketones is 1. The summed E-state index contributed by atoms with van der Waals surface area (Å²) in [6, 6.07) is 15.3. The quantitative estimate of drug-likeness (QED) is 0.320. The SMILES string of the molecule is CC(=O)N[C@H](C)c1ccc(C(=O)CSc2nnc(-c3ccccc3Cl)n2C2CCCC2)cc1. The number of rotatable bonds is 8. The molecule has 8 heteroatoms. The predicted molar refractivity (Wildman–Crippen MR) is 132 cm³/mol. The molecule has 1 N–H and O–H groups in total. The summed E-state index contributed by atoms with van der Waals surface area (Å²) in [5, 5.41) is 13.1. The molecule has 1 amide bonds. The second-order valence-electron chi connectivity index (χ2n) is 8.35. The molecule has 0 spiro atoms. The van der Waals surface area contributed by atoms with Crippen LogP contribution in [0.15, 0.2) is 53.7 Å². The van der Waals surface area contributed by atoms with Crippen molar-refractivity contribution in [2.24, 2.45) is 0 Å². The summed E-state index contributed by atoms with van der Waals surface area (Å²) in [5.74, 6) is 0.980. The molecule has 1 aliphatic rings. The van der Waals surface area contributed by atoms with Gasteiger partial charge in [0.1, 0.15) is 0 Å². The number of carbonyl (C=O) groups is 2. The summed E-state index contributed by atoms with van der Waals surface area (Å²) < 4.78 is 2.17. The van der Waals surface area contributed by atoms with Gasteiger partial charge in [0.25, 0.3) is 0 Å². The van der Waals surface area contributed by atoms with E-state index in [4.69, 9.17) is 11.6 Å². The zero-order valence-corrected chi connectivity index (χ0v) is 20.3. The average molecular weight is 483 g/mol. The van der Waals surface area contributed by atoms with Crippen LogP contribution >= 0.6 is 23.4 Å². The van der Waals surface area contributed by atoms with Gasteiger partial charge in [0, 0.05) is 24.1 Å². The van der Waals surface area contributed by atoms with E-state index >= 15 is 0 Å². The molecule has 0 unspecified atom stereocenters. The summed E-state index contributed by atoms with van der Waals surface area (Å²) in [4.78, 5) is 24.1. The third-order valence-electron chi connectivity index (χ3n) is 5.95. The van der Waals surface area contributed by atoms with Crippen molar-refractivity contribution in [1.29, 1.82) is 0 Å². The fourth-order valence-electron chi connectivity index (χ4n) is 4.25. The minimum Gasteiger partial charge on any atom is -0.350 e. The highest BCUT2D eigenvalue weighted by molar-refractivity contribution is 7.99. The van der Waals surface area contributed by atoms with Crippen molar-refractivity contribution in [2.45, 2.75) is 56.8 Å². The van der Waals surface area contributed by atoms with Gasteiger partial charge in [-0.2, -0.15) is 0 Å². The zero-order chi connectivity index (χ0) is 23.4. The second-order valence-corrected chi connectivity index (χ2v) is 9.70. The average Bonchev–Trinajstić information content (AvgIpc) is 3.47. The predicted octanol–water partition coefficient (Wildman–Crippen LogP) is 5.89. The number of thioether (sulfide) groups is 1. The molecule has 1 fully saturated rings. The third kappa shape index (κ3) is 5.47. The standard InChI is InChI=1S/C25H27ClN4O2S/c1-16(27-17(2)31)18-11-13-19(14-12-18)23(32)15-33-25-29-28-24(21-9-5-6-10-22(21)26)30(25)20-7-3-4-8-20/h5-6,9-14,16,20H,3-4,7-8,15H2,1-2H3,(H,27,31)/t16-/m1/s1. The van der Waals surface area contributed by atoms with Crippen LogP contribution in [-0.2, 0) is 4.79 Å². The number of nitrogens with one attached hydrogen (secondary N) is 1. The van der Waals surface area contributed by atoms with Crippen LogP contribution in [0.4, 0.5) is 0 Å². The van der Waals surface area contributed by atoms with Gasteiger partial charge in [0.2, 0.25) is 5.91 Å². The number of hydrogen-bond donors (Lipinski definition) is 1. The highest BCUT2D eigenvalue weighted by Gasteiger charge is 2.26. The monoisotopic (exact) mass is 482 g/mol. The summed E-state index contributed by atoms with van der Waals surface area (Å²) in [5.41, 5.74) is 2.46. The van der Waals surface area contributed by atoms with E-state index in [1.807, 2.05) is 55.5 Å². The number of amides is 1. The minimum absolute atomic E-state index is 0.0268. The maximum absolute atomic E-state index is 12.9. The number of Topliss-reactive ketones (excluding diaryl/α,β-unsaturated/α-hetero) is 1. The van der Waals surface area contributed by atoms with Crippen molar-refractivity contribution < 1.29 is 9.59 Å². The van der Waals surface area contributed by atoms with Gasteiger partial charge in [-0.1, -0.05) is 72.6 Å². The molecule has 1 saturated carbocycles. The van der Waals surface area contributed by atoms with Crippen molar-refractivity contribution in [3.05, 3.63) is 64.7 Å². The molecule has 3 aromatic rings. The smallest absolute Gasteiger partial charge is 0.217 e. The Labute approximate surface area is 203 Å². The molecule has 0 aliphatic heterocycles. The number of hydrogen-bond acceptors (Lipinski definition) is 5. The van der Waals surface area contributed by atoms with E-state index in [0.29, 0.717) is 16.6 Å². The van der Waals surface area contributed by atoms with Crippen LogP contribution in [0.25, 0.3) is 11.4 Å². The van der Waals surface area contributed by atoms with Gasteiger partial charge in [-0.25, -0.2) is 0 Å². The summed E-state index contributed by atoms with van der Waals surface area (Å²) in [6.07, 6.45) is 4.50. The van der Waals surface area contributed by atoms with Gasteiger partial charge in [-0.15, -0.1) is 10.2 Å². The molecule has 33 heavy (non-hydrogen) atoms. The maximum Gasteiger partial charge on any atom is 0.217 e. The Hall–Kier alpha value is -2.64. The van der Waals surface area contributed by atoms with Crippen molar-refractivity contribution in [3.63, 3.8) is 0 Å². The van der Waals surface area contributed by atoms with E-state index in [9.17, 15) is 9.59 Å². The Kier molecular flexibility index (Phi) is 7.50. The highest BCUT2D eigenvalue weighted by atomic mass is 35.5. The van der Waals surface area contributed by atoms with Gasteiger partial charge in [-0.05, 0) is 37.5 Å². The minimum atomic E-state index is -0.103. The normalized spacial score (nSPS) is 14.9.